The number of benzene rings is 1. The minimum absolute atomic E-state index is 0.0403. The number of nitro groups is 1. The van der Waals surface area contributed by atoms with Gasteiger partial charge in [0.15, 0.2) is 0 Å². The molecule has 1 N–H and O–H groups in total. The van der Waals surface area contributed by atoms with Crippen LogP contribution in [0.25, 0.3) is 10.1 Å². The zero-order valence-electron chi connectivity index (χ0n) is 17.2. The summed E-state index contributed by atoms with van der Waals surface area (Å²) in [5, 5.41) is 17.9. The van der Waals surface area contributed by atoms with Crippen molar-refractivity contribution in [3.63, 3.8) is 0 Å². The Morgan fingerprint density at radius 3 is 2.73 bits per heavy atom. The van der Waals surface area contributed by atoms with E-state index in [2.05, 4.69) is 15.3 Å². The first-order valence-electron chi connectivity index (χ1n) is 9.27. The van der Waals surface area contributed by atoms with E-state index < -0.39 is 16.5 Å². The zero-order chi connectivity index (χ0) is 21.9. The van der Waals surface area contributed by atoms with E-state index in [4.69, 9.17) is 4.74 Å². The maximum absolute atomic E-state index is 12.1. The van der Waals surface area contributed by atoms with Gasteiger partial charge in [-0.05, 0) is 43.2 Å². The first-order valence-corrected chi connectivity index (χ1v) is 10.1. The van der Waals surface area contributed by atoms with Gasteiger partial charge < -0.3 is 15.0 Å². The van der Waals surface area contributed by atoms with Gasteiger partial charge in [0.2, 0.25) is 11.6 Å². The Hall–Kier alpha value is -3.27. The fourth-order valence-electron chi connectivity index (χ4n) is 2.94. The number of hydrogen-bond donors (Lipinski definition) is 1. The second-order valence-electron chi connectivity index (χ2n) is 7.70. The molecule has 1 aromatic carbocycles. The molecule has 0 amide bonds. The maximum Gasteiger partial charge on any atom is 0.353 e. The highest BCUT2D eigenvalue weighted by Crippen LogP contribution is 2.32. The van der Waals surface area contributed by atoms with E-state index in [1.807, 2.05) is 29.6 Å². The summed E-state index contributed by atoms with van der Waals surface area (Å²) in [5.41, 5.74) is 0.0845. The monoisotopic (exact) mass is 429 g/mol. The van der Waals surface area contributed by atoms with Crippen molar-refractivity contribution in [2.45, 2.75) is 32.9 Å². The van der Waals surface area contributed by atoms with Gasteiger partial charge in [0.1, 0.15) is 18.5 Å². The average Bonchev–Trinajstić information content (AvgIpc) is 3.07. The molecule has 10 heteroatoms. The normalized spacial score (nSPS) is 11.3. The molecule has 0 bridgehead atoms. The number of hydrogen-bond acceptors (Lipinski definition) is 9. The molecule has 158 valence electrons. The standard InChI is InChI=1S/C20H23N5O4S/c1-20(2,3)29-16(26)10-24(4)19-17(25(27)28)18(22-12-23-19)21-9-13-11-30-15-8-6-5-7-14(13)15/h5-8,11-12H,9-10H2,1-4H3,(H,21,22,23). The van der Waals surface area contributed by atoms with E-state index >= 15 is 0 Å². The molecule has 0 radical (unpaired) electrons. The second kappa shape index (κ2) is 8.62. The third-order valence-electron chi connectivity index (χ3n) is 4.14. The quantitative estimate of drug-likeness (QED) is 0.341. The van der Waals surface area contributed by atoms with Crippen LogP contribution in [0.2, 0.25) is 0 Å². The summed E-state index contributed by atoms with van der Waals surface area (Å²) in [6, 6.07) is 7.96. The third-order valence-corrected chi connectivity index (χ3v) is 5.15. The zero-order valence-corrected chi connectivity index (χ0v) is 18.0. The van der Waals surface area contributed by atoms with Gasteiger partial charge in [-0.25, -0.2) is 9.97 Å². The number of thiophene rings is 1. The number of carbonyl (C=O) groups excluding carboxylic acids is 1. The highest BCUT2D eigenvalue weighted by atomic mass is 32.1. The van der Waals surface area contributed by atoms with Gasteiger partial charge >= 0.3 is 11.7 Å². The minimum atomic E-state index is -0.647. The number of aromatic nitrogens is 2. The third kappa shape index (κ3) is 5.01. The van der Waals surface area contributed by atoms with Crippen molar-refractivity contribution < 1.29 is 14.5 Å². The molecule has 0 saturated heterocycles. The Labute approximate surface area is 177 Å². The van der Waals surface area contributed by atoms with Crippen molar-refractivity contribution in [3.8, 4) is 0 Å². The largest absolute Gasteiger partial charge is 0.459 e. The van der Waals surface area contributed by atoms with E-state index in [1.54, 1.807) is 39.2 Å². The van der Waals surface area contributed by atoms with E-state index in [0.717, 1.165) is 15.6 Å². The SMILES string of the molecule is CN(CC(=O)OC(C)(C)C)c1ncnc(NCc2csc3ccccc23)c1[N+](=O)[O-]. The lowest BCUT2D eigenvalue weighted by atomic mass is 10.2. The van der Waals surface area contributed by atoms with Gasteiger partial charge in [-0.1, -0.05) is 18.2 Å². The molecule has 0 aliphatic rings. The van der Waals surface area contributed by atoms with Crippen molar-refractivity contribution in [2.75, 3.05) is 23.8 Å². The number of anilines is 2. The molecule has 0 fully saturated rings. The Morgan fingerprint density at radius 2 is 2.03 bits per heavy atom. The number of esters is 1. The van der Waals surface area contributed by atoms with E-state index in [0.29, 0.717) is 6.54 Å². The Bertz CT molecular complexity index is 1080. The number of carbonyl (C=O) groups is 1. The van der Waals surface area contributed by atoms with Crippen LogP contribution >= 0.6 is 11.3 Å². The fourth-order valence-corrected chi connectivity index (χ4v) is 3.90. The average molecular weight is 430 g/mol. The first-order chi connectivity index (χ1) is 14.2. The topological polar surface area (TPSA) is 110 Å². The van der Waals surface area contributed by atoms with E-state index in [9.17, 15) is 14.9 Å². The number of nitrogens with zero attached hydrogens (tertiary/aromatic N) is 4. The molecule has 0 aliphatic heterocycles. The maximum atomic E-state index is 12.1. The highest BCUT2D eigenvalue weighted by Gasteiger charge is 2.27. The number of nitrogens with one attached hydrogen (secondary N) is 1. The van der Waals surface area contributed by atoms with E-state index in [1.165, 1.54) is 11.2 Å². The van der Waals surface area contributed by atoms with Crippen LogP contribution in [0.15, 0.2) is 36.0 Å². The summed E-state index contributed by atoms with van der Waals surface area (Å²) in [6.07, 6.45) is 1.24. The van der Waals surface area contributed by atoms with Gasteiger partial charge in [-0.3, -0.25) is 14.9 Å². The molecular formula is C20H23N5O4S. The highest BCUT2D eigenvalue weighted by molar-refractivity contribution is 7.17. The van der Waals surface area contributed by atoms with Gasteiger partial charge in [0.05, 0.1) is 4.92 Å². The van der Waals surface area contributed by atoms with Crippen molar-refractivity contribution >= 4 is 44.7 Å². The lowest BCUT2D eigenvalue weighted by Crippen LogP contribution is -2.33. The first kappa shape index (κ1) is 21.4. The Kier molecular flexibility index (Phi) is 6.16. The van der Waals surface area contributed by atoms with Crippen LogP contribution in [0, 0.1) is 10.1 Å². The predicted octanol–water partition coefficient (Wildman–Crippen LogP) is 3.99. The van der Waals surface area contributed by atoms with Crippen LogP contribution in [0.5, 0.6) is 0 Å². The molecule has 2 heterocycles. The van der Waals surface area contributed by atoms with Crippen LogP contribution in [-0.4, -0.2) is 40.1 Å². The molecule has 0 saturated carbocycles. The van der Waals surface area contributed by atoms with Gasteiger partial charge in [0.25, 0.3) is 0 Å². The molecule has 30 heavy (non-hydrogen) atoms. The smallest absolute Gasteiger partial charge is 0.353 e. The predicted molar refractivity (Wildman–Crippen MR) is 117 cm³/mol. The molecule has 3 aromatic rings. The number of rotatable bonds is 7. The lowest BCUT2D eigenvalue weighted by Gasteiger charge is -2.23. The Balaban J connectivity index is 1.82. The van der Waals surface area contributed by atoms with Crippen molar-refractivity contribution in [1.82, 2.24) is 9.97 Å². The van der Waals surface area contributed by atoms with Crippen LogP contribution in [0.1, 0.15) is 26.3 Å². The van der Waals surface area contributed by atoms with Crippen LogP contribution < -0.4 is 10.2 Å². The Morgan fingerprint density at radius 1 is 1.30 bits per heavy atom. The summed E-state index contributed by atoms with van der Waals surface area (Å²) in [5.74, 6) is -0.369. The van der Waals surface area contributed by atoms with E-state index in [-0.39, 0.29) is 23.9 Å². The summed E-state index contributed by atoms with van der Waals surface area (Å²) in [6.45, 7) is 5.47. The van der Waals surface area contributed by atoms with Gasteiger partial charge in [0, 0.05) is 18.3 Å². The summed E-state index contributed by atoms with van der Waals surface area (Å²) < 4.78 is 6.43. The molecule has 0 unspecified atom stereocenters. The molecule has 9 nitrogen and oxygen atoms in total. The van der Waals surface area contributed by atoms with Crippen molar-refractivity contribution in [2.24, 2.45) is 0 Å². The van der Waals surface area contributed by atoms with Gasteiger partial charge in [-0.2, -0.15) is 0 Å². The van der Waals surface area contributed by atoms with Crippen LogP contribution in [-0.2, 0) is 16.1 Å². The van der Waals surface area contributed by atoms with Crippen molar-refractivity contribution in [3.05, 3.63) is 51.7 Å². The number of ether oxygens (including phenoxy) is 1. The molecule has 0 aliphatic carbocycles. The number of likely N-dealkylation sites (N-methyl/N-ethyl adjacent to an activating group) is 1. The molecule has 2 aromatic heterocycles. The molecular weight excluding hydrogens is 406 g/mol. The minimum Gasteiger partial charge on any atom is -0.459 e. The number of fused-ring (bicyclic) bond motifs is 1. The molecule has 0 atom stereocenters. The molecule has 3 rings (SSSR count). The summed E-state index contributed by atoms with van der Waals surface area (Å²) in [4.78, 5) is 32.8. The van der Waals surface area contributed by atoms with Crippen molar-refractivity contribution in [1.29, 1.82) is 0 Å². The lowest BCUT2D eigenvalue weighted by molar-refractivity contribution is -0.383. The van der Waals surface area contributed by atoms with Gasteiger partial charge in [-0.15, -0.1) is 11.3 Å². The summed E-state index contributed by atoms with van der Waals surface area (Å²) in [7, 11) is 1.55. The fraction of sp³-hybridized carbons (Fsp3) is 0.350. The van der Waals surface area contributed by atoms with Crippen LogP contribution in [0.3, 0.4) is 0 Å². The van der Waals surface area contributed by atoms with Crippen LogP contribution in [0.4, 0.5) is 17.3 Å². The molecule has 0 spiro atoms. The second-order valence-corrected chi connectivity index (χ2v) is 8.62. The summed E-state index contributed by atoms with van der Waals surface area (Å²) >= 11 is 1.61.